The summed E-state index contributed by atoms with van der Waals surface area (Å²) in [5.74, 6) is 7.05. The fraction of sp³-hybridized carbons (Fsp3) is 0.158. The lowest BCUT2D eigenvalue weighted by molar-refractivity contribution is -0.118. The van der Waals surface area contributed by atoms with Gasteiger partial charge in [-0.15, -0.1) is 10.2 Å². The van der Waals surface area contributed by atoms with E-state index in [-0.39, 0.29) is 17.6 Å². The first-order valence-corrected chi connectivity index (χ1v) is 9.71. The van der Waals surface area contributed by atoms with Crippen molar-refractivity contribution in [3.8, 4) is 5.75 Å². The molecule has 0 saturated carbocycles. The summed E-state index contributed by atoms with van der Waals surface area (Å²) < 4.78 is 6.36. The van der Waals surface area contributed by atoms with E-state index in [0.29, 0.717) is 11.7 Å². The second-order valence-electron chi connectivity index (χ2n) is 5.87. The third-order valence-corrected chi connectivity index (χ3v) is 4.77. The summed E-state index contributed by atoms with van der Waals surface area (Å²) in [6.07, 6.45) is 1.62. The van der Waals surface area contributed by atoms with Crippen molar-refractivity contribution in [2.75, 3.05) is 24.1 Å². The summed E-state index contributed by atoms with van der Waals surface area (Å²) >= 11 is 1.19. The maximum Gasteiger partial charge on any atom is 0.264 e. The van der Waals surface area contributed by atoms with Gasteiger partial charge in [-0.05, 0) is 35.4 Å². The first-order chi connectivity index (χ1) is 14.2. The molecular formula is C19H21N7O2S. The van der Waals surface area contributed by atoms with Gasteiger partial charge in [0.2, 0.25) is 11.1 Å². The Morgan fingerprint density at radius 2 is 1.97 bits per heavy atom. The van der Waals surface area contributed by atoms with E-state index in [1.54, 1.807) is 13.3 Å². The van der Waals surface area contributed by atoms with Gasteiger partial charge in [-0.25, -0.2) is 10.1 Å². The molecule has 0 saturated heterocycles. The van der Waals surface area contributed by atoms with E-state index in [1.165, 1.54) is 16.4 Å². The zero-order chi connectivity index (χ0) is 20.5. The van der Waals surface area contributed by atoms with Crippen LogP contribution in [0.25, 0.3) is 0 Å². The monoisotopic (exact) mass is 411 g/mol. The second-order valence-corrected chi connectivity index (χ2v) is 6.81. The van der Waals surface area contributed by atoms with Crippen molar-refractivity contribution in [3.05, 3.63) is 65.7 Å². The number of hydrogen-bond acceptors (Lipinski definition) is 8. The van der Waals surface area contributed by atoms with E-state index in [2.05, 4.69) is 26.0 Å². The van der Waals surface area contributed by atoms with E-state index in [9.17, 15) is 4.79 Å². The summed E-state index contributed by atoms with van der Waals surface area (Å²) in [5.41, 5.74) is 4.65. The van der Waals surface area contributed by atoms with Crippen LogP contribution in [0.4, 0.5) is 5.95 Å². The van der Waals surface area contributed by atoms with Crippen molar-refractivity contribution in [2.24, 2.45) is 5.10 Å². The summed E-state index contributed by atoms with van der Waals surface area (Å²) in [4.78, 5) is 12.0. The fourth-order valence-electron chi connectivity index (χ4n) is 2.28. The average Bonchev–Trinajstić information content (AvgIpc) is 3.11. The van der Waals surface area contributed by atoms with Gasteiger partial charge in [-0.1, -0.05) is 42.1 Å². The zero-order valence-electron chi connectivity index (χ0n) is 15.8. The minimum atomic E-state index is -0.117. The van der Waals surface area contributed by atoms with Gasteiger partial charge in [0.1, 0.15) is 5.75 Å². The van der Waals surface area contributed by atoms with Crippen LogP contribution in [-0.2, 0) is 11.3 Å². The lowest BCUT2D eigenvalue weighted by Gasteiger charge is -2.05. The average molecular weight is 411 g/mol. The Balaban J connectivity index is 1.47. The third kappa shape index (κ3) is 5.98. The number of rotatable bonds is 9. The van der Waals surface area contributed by atoms with E-state index in [4.69, 9.17) is 10.6 Å². The molecule has 1 aromatic heterocycles. The number of aromatic nitrogens is 3. The van der Waals surface area contributed by atoms with Gasteiger partial charge in [-0.3, -0.25) is 4.79 Å². The number of hydrogen-bond donors (Lipinski definition) is 3. The van der Waals surface area contributed by atoms with E-state index in [1.807, 2.05) is 54.6 Å². The molecule has 1 heterocycles. The van der Waals surface area contributed by atoms with E-state index >= 15 is 0 Å². The predicted octanol–water partition coefficient (Wildman–Crippen LogP) is 1.85. The number of benzene rings is 2. The molecule has 150 valence electrons. The highest BCUT2D eigenvalue weighted by molar-refractivity contribution is 7.99. The molecule has 0 bridgehead atoms. The largest absolute Gasteiger partial charge is 0.497 e. The molecule has 0 aliphatic rings. The summed E-state index contributed by atoms with van der Waals surface area (Å²) in [5, 5.41) is 15.3. The number of carbonyl (C=O) groups is 1. The minimum Gasteiger partial charge on any atom is -0.497 e. The summed E-state index contributed by atoms with van der Waals surface area (Å²) in [6.45, 7) is 0.475. The summed E-state index contributed by atoms with van der Waals surface area (Å²) in [7, 11) is 1.61. The molecule has 3 aromatic rings. The van der Waals surface area contributed by atoms with Crippen molar-refractivity contribution < 1.29 is 9.53 Å². The number of nitrogen functional groups attached to an aromatic ring is 1. The minimum absolute atomic E-state index is 0.117. The standard InChI is InChI=1S/C19H21N7O2S/c1-28-16-9-7-15(8-10-16)12-22-23-18-24-25-19(26(18)20)29-13-17(27)21-11-14-5-3-2-4-6-14/h2-10,12H,11,13,20H2,1H3,(H,21,27)(H,23,24)/b22-12-. The molecular weight excluding hydrogens is 390 g/mol. The van der Waals surface area contributed by atoms with Crippen molar-refractivity contribution in [2.45, 2.75) is 11.7 Å². The van der Waals surface area contributed by atoms with Crippen LogP contribution in [0, 0.1) is 0 Å². The number of nitrogens with zero attached hydrogens (tertiary/aromatic N) is 4. The van der Waals surface area contributed by atoms with Crippen LogP contribution in [0.1, 0.15) is 11.1 Å². The number of thioether (sulfide) groups is 1. The van der Waals surface area contributed by atoms with Crippen molar-refractivity contribution in [1.29, 1.82) is 0 Å². The van der Waals surface area contributed by atoms with Gasteiger partial charge in [0.15, 0.2) is 0 Å². The van der Waals surface area contributed by atoms with Crippen molar-refractivity contribution in [1.82, 2.24) is 20.2 Å². The van der Waals surface area contributed by atoms with Gasteiger partial charge < -0.3 is 15.9 Å². The summed E-state index contributed by atoms with van der Waals surface area (Å²) in [6, 6.07) is 17.1. The van der Waals surface area contributed by atoms with Gasteiger partial charge in [0.25, 0.3) is 5.95 Å². The van der Waals surface area contributed by atoms with Gasteiger partial charge in [0, 0.05) is 6.54 Å². The molecule has 0 atom stereocenters. The number of hydrazone groups is 1. The molecule has 4 N–H and O–H groups in total. The Kier molecular flexibility index (Phi) is 7.06. The van der Waals surface area contributed by atoms with Crippen LogP contribution < -0.4 is 21.3 Å². The molecule has 0 radical (unpaired) electrons. The molecule has 9 nitrogen and oxygen atoms in total. The molecule has 10 heteroatoms. The normalized spacial score (nSPS) is 10.8. The van der Waals surface area contributed by atoms with Crippen LogP contribution in [0.15, 0.2) is 64.9 Å². The Morgan fingerprint density at radius 3 is 2.69 bits per heavy atom. The Labute approximate surface area is 172 Å². The maximum atomic E-state index is 12.0. The number of ether oxygens (including phenoxy) is 1. The third-order valence-electron chi connectivity index (χ3n) is 3.82. The first-order valence-electron chi connectivity index (χ1n) is 8.73. The zero-order valence-corrected chi connectivity index (χ0v) is 16.6. The Bertz CT molecular complexity index is 958. The van der Waals surface area contributed by atoms with E-state index in [0.717, 1.165) is 16.9 Å². The molecule has 0 fully saturated rings. The molecule has 0 aliphatic heterocycles. The first kappa shape index (κ1) is 20.2. The second kappa shape index (κ2) is 10.1. The molecule has 1 amide bonds. The number of amides is 1. The number of carbonyl (C=O) groups excluding carboxylic acids is 1. The molecule has 0 spiro atoms. The lowest BCUT2D eigenvalue weighted by Crippen LogP contribution is -2.25. The van der Waals surface area contributed by atoms with Crippen molar-refractivity contribution in [3.63, 3.8) is 0 Å². The highest BCUT2D eigenvalue weighted by Gasteiger charge is 2.11. The molecule has 29 heavy (non-hydrogen) atoms. The smallest absolute Gasteiger partial charge is 0.264 e. The van der Waals surface area contributed by atoms with Gasteiger partial charge in [-0.2, -0.15) is 5.10 Å². The number of anilines is 1. The number of methoxy groups -OCH3 is 1. The molecule has 2 aromatic carbocycles. The molecule has 0 unspecified atom stereocenters. The van der Waals surface area contributed by atoms with Crippen LogP contribution in [-0.4, -0.2) is 39.9 Å². The predicted molar refractivity (Wildman–Crippen MR) is 113 cm³/mol. The lowest BCUT2D eigenvalue weighted by atomic mass is 10.2. The molecule has 0 aliphatic carbocycles. The number of nitrogens with two attached hydrogens (primary N) is 1. The van der Waals surface area contributed by atoms with Crippen LogP contribution in [0.5, 0.6) is 5.75 Å². The fourth-order valence-corrected chi connectivity index (χ4v) is 2.97. The quantitative estimate of drug-likeness (QED) is 0.213. The highest BCUT2D eigenvalue weighted by atomic mass is 32.2. The van der Waals surface area contributed by atoms with Crippen LogP contribution in [0.2, 0.25) is 0 Å². The Hall–Kier alpha value is -3.53. The highest BCUT2D eigenvalue weighted by Crippen LogP contribution is 2.16. The molecule has 3 rings (SSSR count). The number of nitrogens with one attached hydrogen (secondary N) is 2. The van der Waals surface area contributed by atoms with Crippen LogP contribution in [0.3, 0.4) is 0 Å². The maximum absolute atomic E-state index is 12.0. The van der Waals surface area contributed by atoms with Crippen LogP contribution >= 0.6 is 11.8 Å². The van der Waals surface area contributed by atoms with E-state index < -0.39 is 0 Å². The van der Waals surface area contributed by atoms with Gasteiger partial charge >= 0.3 is 0 Å². The topological polar surface area (TPSA) is 119 Å². The van der Waals surface area contributed by atoms with Crippen molar-refractivity contribution >= 4 is 29.8 Å². The SMILES string of the molecule is COc1ccc(/C=N\Nc2nnc(SCC(=O)NCc3ccccc3)n2N)cc1. The Morgan fingerprint density at radius 1 is 1.21 bits per heavy atom. The van der Waals surface area contributed by atoms with Gasteiger partial charge in [0.05, 0.1) is 19.1 Å².